The van der Waals surface area contributed by atoms with E-state index in [0.29, 0.717) is 5.56 Å². The number of hydrogen-bond donors (Lipinski definition) is 2. The van der Waals surface area contributed by atoms with E-state index in [4.69, 9.17) is 23.2 Å². The molecule has 0 aliphatic rings. The molecule has 1 aromatic carbocycles. The number of rotatable bonds is 6. The monoisotopic (exact) mass is 448 g/mol. The number of nitrogens with one attached hydrogen (secondary N) is 1. The highest BCUT2D eigenvalue weighted by Gasteiger charge is 2.22. The van der Waals surface area contributed by atoms with Crippen molar-refractivity contribution in [2.45, 2.75) is 24.8 Å². The molecule has 0 saturated carbocycles. The van der Waals surface area contributed by atoms with Crippen LogP contribution >= 0.6 is 23.2 Å². The van der Waals surface area contributed by atoms with Crippen LogP contribution in [0.15, 0.2) is 28.0 Å². The first-order valence-corrected chi connectivity index (χ1v) is 10.1. The second-order valence-electron chi connectivity index (χ2n) is 6.06. The maximum atomic E-state index is 12.2. The van der Waals surface area contributed by atoms with Crippen LogP contribution in [0.1, 0.15) is 12.0 Å². The molecular formula is C16H18Cl2N4O5S. The highest BCUT2D eigenvalue weighted by atomic mass is 35.5. The van der Waals surface area contributed by atoms with Gasteiger partial charge in [0.1, 0.15) is 10.8 Å². The van der Waals surface area contributed by atoms with E-state index in [2.05, 4.69) is 10.4 Å². The molecule has 2 N–H and O–H groups in total. The molecule has 12 heteroatoms. The Morgan fingerprint density at radius 2 is 1.96 bits per heavy atom. The van der Waals surface area contributed by atoms with Crippen molar-refractivity contribution in [3.05, 3.63) is 44.3 Å². The molecule has 0 bridgehead atoms. The summed E-state index contributed by atoms with van der Waals surface area (Å²) in [6.07, 6.45) is 1.06. The lowest BCUT2D eigenvalue weighted by molar-refractivity contribution is -0.116. The van der Waals surface area contributed by atoms with Crippen molar-refractivity contribution in [1.82, 2.24) is 14.1 Å². The van der Waals surface area contributed by atoms with Crippen LogP contribution in [0.25, 0.3) is 0 Å². The summed E-state index contributed by atoms with van der Waals surface area (Å²) in [5.41, 5.74) is -0.224. The predicted octanol–water partition coefficient (Wildman–Crippen LogP) is 1.84. The van der Waals surface area contributed by atoms with Crippen LogP contribution in [0.5, 0.6) is 5.75 Å². The first-order valence-electron chi connectivity index (χ1n) is 7.92. The minimum Gasteiger partial charge on any atom is -0.506 e. The van der Waals surface area contributed by atoms with Crippen molar-refractivity contribution in [3.8, 4) is 5.75 Å². The standard InChI is InChI=1S/C16H18Cl2N4O5S/c1-9-6-11(12(23)7-13(9)28(26,27)21(2)3)20-14(24)4-5-22-16(25)15(18)10(17)8-19-22/h6-8,23H,4-5H2,1-3H3,(H,20,24). The first-order chi connectivity index (χ1) is 12.9. The largest absolute Gasteiger partial charge is 0.506 e. The molecule has 0 fully saturated rings. The van der Waals surface area contributed by atoms with Crippen molar-refractivity contribution in [1.29, 1.82) is 0 Å². The van der Waals surface area contributed by atoms with Crippen LogP contribution in [0.4, 0.5) is 5.69 Å². The number of halogens is 2. The third-order valence-corrected chi connectivity index (χ3v) is 6.52. The molecule has 0 saturated heterocycles. The van der Waals surface area contributed by atoms with E-state index in [1.807, 2.05) is 0 Å². The smallest absolute Gasteiger partial charge is 0.287 e. The summed E-state index contributed by atoms with van der Waals surface area (Å²) in [6.45, 7) is 1.49. The molecule has 0 radical (unpaired) electrons. The van der Waals surface area contributed by atoms with Gasteiger partial charge in [0.25, 0.3) is 5.56 Å². The third-order valence-electron chi connectivity index (χ3n) is 3.82. The minimum atomic E-state index is -3.74. The van der Waals surface area contributed by atoms with Gasteiger partial charge < -0.3 is 10.4 Å². The van der Waals surface area contributed by atoms with Crippen LogP contribution in [0, 0.1) is 6.92 Å². The summed E-state index contributed by atoms with van der Waals surface area (Å²) < 4.78 is 26.5. The number of aromatic nitrogens is 2. The summed E-state index contributed by atoms with van der Waals surface area (Å²) in [5.74, 6) is -0.915. The molecule has 28 heavy (non-hydrogen) atoms. The summed E-state index contributed by atoms with van der Waals surface area (Å²) in [5, 5.41) is 16.2. The molecule has 152 valence electrons. The molecule has 0 aliphatic heterocycles. The lowest BCUT2D eigenvalue weighted by Gasteiger charge is -2.16. The molecule has 9 nitrogen and oxygen atoms in total. The van der Waals surface area contributed by atoms with Gasteiger partial charge in [-0.1, -0.05) is 23.2 Å². The Balaban J connectivity index is 2.16. The Hall–Kier alpha value is -2.14. The zero-order valence-corrected chi connectivity index (χ0v) is 17.6. The molecule has 0 atom stereocenters. The molecule has 0 unspecified atom stereocenters. The van der Waals surface area contributed by atoms with E-state index >= 15 is 0 Å². The number of anilines is 1. The van der Waals surface area contributed by atoms with Gasteiger partial charge in [-0.15, -0.1) is 0 Å². The van der Waals surface area contributed by atoms with E-state index in [1.165, 1.54) is 26.4 Å². The summed E-state index contributed by atoms with van der Waals surface area (Å²) in [6, 6.07) is 2.43. The molecule has 0 spiro atoms. The second-order valence-corrected chi connectivity index (χ2v) is 8.96. The van der Waals surface area contributed by atoms with E-state index < -0.39 is 27.2 Å². The fourth-order valence-electron chi connectivity index (χ4n) is 2.28. The highest BCUT2D eigenvalue weighted by Crippen LogP contribution is 2.30. The van der Waals surface area contributed by atoms with Gasteiger partial charge in [-0.3, -0.25) is 9.59 Å². The number of sulfonamides is 1. The number of nitrogens with zero attached hydrogens (tertiary/aromatic N) is 3. The first kappa shape index (κ1) is 22.2. The molecule has 1 aromatic heterocycles. The maximum absolute atomic E-state index is 12.2. The van der Waals surface area contributed by atoms with Crippen molar-refractivity contribution in [3.63, 3.8) is 0 Å². The van der Waals surface area contributed by atoms with Crippen molar-refractivity contribution < 1.29 is 18.3 Å². The lowest BCUT2D eigenvalue weighted by Crippen LogP contribution is -2.26. The number of aromatic hydroxyl groups is 1. The normalized spacial score (nSPS) is 11.6. The summed E-state index contributed by atoms with van der Waals surface area (Å²) in [7, 11) is -0.992. The van der Waals surface area contributed by atoms with Gasteiger partial charge in [0, 0.05) is 26.6 Å². The van der Waals surface area contributed by atoms with Crippen LogP contribution in [0.2, 0.25) is 10.0 Å². The van der Waals surface area contributed by atoms with Crippen LogP contribution in [0.3, 0.4) is 0 Å². The maximum Gasteiger partial charge on any atom is 0.287 e. The molecule has 1 amide bonds. The third kappa shape index (κ3) is 4.64. The zero-order valence-electron chi connectivity index (χ0n) is 15.2. The number of phenolic OH excluding ortho intramolecular Hbond substituents is 1. The van der Waals surface area contributed by atoms with E-state index in [-0.39, 0.29) is 33.6 Å². The average molecular weight is 449 g/mol. The van der Waals surface area contributed by atoms with Crippen LogP contribution < -0.4 is 10.9 Å². The molecule has 2 aromatic rings. The Morgan fingerprint density at radius 3 is 2.57 bits per heavy atom. The van der Waals surface area contributed by atoms with Gasteiger partial charge in [-0.25, -0.2) is 17.4 Å². The highest BCUT2D eigenvalue weighted by molar-refractivity contribution is 7.89. The molecule has 2 rings (SSSR count). The number of carbonyl (C=O) groups excluding carboxylic acids is 1. The zero-order chi connectivity index (χ0) is 21.2. The van der Waals surface area contributed by atoms with Crippen LogP contribution in [-0.2, 0) is 21.4 Å². The van der Waals surface area contributed by atoms with E-state index in [0.717, 1.165) is 15.1 Å². The quantitative estimate of drug-likeness (QED) is 0.650. The fourth-order valence-corrected chi connectivity index (χ4v) is 3.67. The van der Waals surface area contributed by atoms with Gasteiger partial charge in [0.15, 0.2) is 0 Å². The van der Waals surface area contributed by atoms with E-state index in [1.54, 1.807) is 6.92 Å². The molecular weight excluding hydrogens is 431 g/mol. The predicted molar refractivity (Wildman–Crippen MR) is 105 cm³/mol. The number of phenols is 1. The lowest BCUT2D eigenvalue weighted by atomic mass is 10.2. The Labute approximate surface area is 171 Å². The SMILES string of the molecule is Cc1cc(NC(=O)CCn2ncc(Cl)c(Cl)c2=O)c(O)cc1S(=O)(=O)N(C)C. The van der Waals surface area contributed by atoms with Crippen molar-refractivity contribution >= 4 is 44.8 Å². The summed E-state index contributed by atoms with van der Waals surface area (Å²) >= 11 is 11.4. The van der Waals surface area contributed by atoms with Gasteiger partial charge in [-0.05, 0) is 18.6 Å². The Kier molecular flexibility index (Phi) is 6.71. The van der Waals surface area contributed by atoms with Gasteiger partial charge in [0.05, 0.1) is 28.3 Å². The Bertz CT molecular complexity index is 1080. The Morgan fingerprint density at radius 1 is 1.32 bits per heavy atom. The second kappa shape index (κ2) is 8.48. The topological polar surface area (TPSA) is 122 Å². The van der Waals surface area contributed by atoms with Gasteiger partial charge in [0.2, 0.25) is 15.9 Å². The molecule has 1 heterocycles. The van der Waals surface area contributed by atoms with Gasteiger partial charge >= 0.3 is 0 Å². The number of benzene rings is 1. The van der Waals surface area contributed by atoms with Crippen molar-refractivity contribution in [2.24, 2.45) is 0 Å². The number of carbonyl (C=O) groups is 1. The van der Waals surface area contributed by atoms with Gasteiger partial charge in [-0.2, -0.15) is 5.10 Å². The summed E-state index contributed by atoms with van der Waals surface area (Å²) in [4.78, 5) is 24.0. The molecule has 0 aliphatic carbocycles. The fraction of sp³-hybridized carbons (Fsp3) is 0.312. The number of hydrogen-bond acceptors (Lipinski definition) is 6. The number of aryl methyl sites for hydroxylation is 2. The number of amides is 1. The minimum absolute atomic E-state index is 0.0144. The average Bonchev–Trinajstić information content (AvgIpc) is 2.61. The van der Waals surface area contributed by atoms with Crippen molar-refractivity contribution in [2.75, 3.05) is 19.4 Å². The van der Waals surface area contributed by atoms with E-state index in [9.17, 15) is 23.1 Å². The van der Waals surface area contributed by atoms with Crippen LogP contribution in [-0.4, -0.2) is 47.6 Å².